The molecule has 15 N–H and O–H groups in total. The van der Waals surface area contributed by atoms with Gasteiger partial charge in [-0.3, -0.25) is 38.6 Å². The molecule has 7 amide bonds. The van der Waals surface area contributed by atoms with E-state index in [1.54, 1.807) is 44.2 Å². The molecule has 1 aromatic carbocycles. The number of rotatable bonds is 25. The number of aliphatic imine (C=N–C) groups is 1. The van der Waals surface area contributed by atoms with Gasteiger partial charge in [-0.2, -0.15) is 0 Å². The van der Waals surface area contributed by atoms with Gasteiger partial charge in [-0.1, -0.05) is 58.0 Å². The normalized spacial score (nSPS) is 16.7. The number of likely N-dealkylation sites (tertiary alicyclic amines) is 1. The van der Waals surface area contributed by atoms with Gasteiger partial charge in [0.15, 0.2) is 5.96 Å². The number of nitrogens with zero attached hydrogens (tertiary/aromatic N) is 2. The Kier molecular flexibility index (Phi) is 20.9. The molecule has 1 heterocycles. The molecule has 1 saturated heterocycles. The van der Waals surface area contributed by atoms with Crippen LogP contribution in [0.5, 0.6) is 0 Å². The van der Waals surface area contributed by atoms with Gasteiger partial charge in [-0.25, -0.2) is 4.79 Å². The Balaban J connectivity index is 2.39. The monoisotopic (exact) mass is 845 g/mol. The van der Waals surface area contributed by atoms with Crippen LogP contribution in [0, 0.1) is 11.8 Å². The number of hydrogen-bond donors (Lipinski definition) is 11. The zero-order valence-electron chi connectivity index (χ0n) is 34.7. The lowest BCUT2D eigenvalue weighted by Gasteiger charge is -2.29. The van der Waals surface area contributed by atoms with Crippen LogP contribution in [0.25, 0.3) is 0 Å². The fourth-order valence-electron chi connectivity index (χ4n) is 6.58. The second-order valence-electron chi connectivity index (χ2n) is 15.7. The first kappa shape index (κ1) is 50.3. The highest BCUT2D eigenvalue weighted by Gasteiger charge is 2.39. The molecule has 0 spiro atoms. The van der Waals surface area contributed by atoms with Crippen molar-refractivity contribution in [3.05, 3.63) is 35.9 Å². The molecule has 0 aromatic heterocycles. The van der Waals surface area contributed by atoms with Crippen molar-refractivity contribution >= 4 is 53.3 Å². The number of primary amides is 1. The van der Waals surface area contributed by atoms with Crippen molar-refractivity contribution in [3.8, 4) is 0 Å². The molecule has 1 fully saturated rings. The number of carboxylic acids is 1. The minimum Gasteiger partial charge on any atom is -0.480 e. The van der Waals surface area contributed by atoms with Crippen molar-refractivity contribution < 1.29 is 48.6 Å². The molecule has 334 valence electrons. The molecule has 1 aliphatic heterocycles. The average Bonchev–Trinajstić information content (AvgIpc) is 3.67. The maximum Gasteiger partial charge on any atom is 0.326 e. The predicted molar refractivity (Wildman–Crippen MR) is 220 cm³/mol. The van der Waals surface area contributed by atoms with Crippen molar-refractivity contribution in [2.24, 2.45) is 39.8 Å². The average molecular weight is 846 g/mol. The maximum absolute atomic E-state index is 14.0. The van der Waals surface area contributed by atoms with Gasteiger partial charge in [0.1, 0.15) is 42.3 Å². The van der Waals surface area contributed by atoms with E-state index in [2.05, 4.69) is 31.6 Å². The Bertz CT molecular complexity index is 1670. The molecule has 21 heteroatoms. The lowest BCUT2D eigenvalue weighted by atomic mass is 9.98. The van der Waals surface area contributed by atoms with E-state index in [9.17, 15) is 48.6 Å². The number of carboxylic acid groups (broad SMARTS) is 1. The number of aliphatic hydroxyl groups is 1. The lowest BCUT2D eigenvalue weighted by Crippen LogP contribution is -2.60. The van der Waals surface area contributed by atoms with Crippen LogP contribution in [-0.2, 0) is 44.8 Å². The standard InChI is InChI=1S/C39H63N11O10/c1-21(2)16-26(47-35(56)27(17-22(3)4)48-36(57)28(46-32(53)24(40)20-51)18-23-10-6-5-7-11-23)34(55)45-25(12-8-14-44-39(42)43)33(54)49-29(19-31(41)52)37(58)50-15-9-13-30(50)38(59)60/h5-7,10-11,21-22,24-30,51H,8-9,12-20,40H2,1-4H3,(H2,41,52)(H,45,55)(H,46,53)(H,47,56)(H,48,57)(H,49,54)(H,59,60)(H4,42,43,44)/t24-,25-,26+,27-,28-,29-,30-/m0/s1. The fraction of sp³-hybridized carbons (Fsp3) is 0.615. The van der Waals surface area contributed by atoms with Gasteiger partial charge in [0.25, 0.3) is 0 Å². The number of carbonyl (C=O) groups excluding carboxylic acids is 7. The highest BCUT2D eigenvalue weighted by Crippen LogP contribution is 2.20. The number of nitrogens with two attached hydrogens (primary N) is 4. The third kappa shape index (κ3) is 17.2. The van der Waals surface area contributed by atoms with Crippen LogP contribution < -0.4 is 49.5 Å². The summed E-state index contributed by atoms with van der Waals surface area (Å²) in [6, 6.07) is -0.236. The summed E-state index contributed by atoms with van der Waals surface area (Å²) in [7, 11) is 0. The van der Waals surface area contributed by atoms with Crippen LogP contribution in [0.4, 0.5) is 0 Å². The van der Waals surface area contributed by atoms with Crippen LogP contribution >= 0.6 is 0 Å². The van der Waals surface area contributed by atoms with Crippen LogP contribution in [-0.4, -0.2) is 130 Å². The molecule has 0 aliphatic carbocycles. The lowest BCUT2D eigenvalue weighted by molar-refractivity contribution is -0.149. The second-order valence-corrected chi connectivity index (χ2v) is 15.7. The largest absolute Gasteiger partial charge is 0.480 e. The van der Waals surface area contributed by atoms with E-state index in [0.717, 1.165) is 4.90 Å². The van der Waals surface area contributed by atoms with Crippen LogP contribution in [0.15, 0.2) is 35.3 Å². The van der Waals surface area contributed by atoms with Gasteiger partial charge in [0, 0.05) is 19.5 Å². The van der Waals surface area contributed by atoms with E-state index in [1.807, 2.05) is 13.8 Å². The summed E-state index contributed by atoms with van der Waals surface area (Å²) in [6.07, 6.45) is 0.238. The van der Waals surface area contributed by atoms with Crippen molar-refractivity contribution in [1.29, 1.82) is 0 Å². The molecule has 21 nitrogen and oxygen atoms in total. The summed E-state index contributed by atoms with van der Waals surface area (Å²) in [5.74, 6) is -7.45. The van der Waals surface area contributed by atoms with Gasteiger partial charge in [-0.05, 0) is 55.9 Å². The maximum atomic E-state index is 14.0. The Morgan fingerprint density at radius 1 is 0.750 bits per heavy atom. The molecule has 0 saturated carbocycles. The molecule has 2 rings (SSSR count). The first-order chi connectivity index (χ1) is 28.2. The fourth-order valence-corrected chi connectivity index (χ4v) is 6.58. The van der Waals surface area contributed by atoms with Crippen LogP contribution in [0.2, 0.25) is 0 Å². The number of carbonyl (C=O) groups is 8. The summed E-state index contributed by atoms with van der Waals surface area (Å²) >= 11 is 0. The number of aliphatic hydroxyl groups excluding tert-OH is 1. The highest BCUT2D eigenvalue weighted by molar-refractivity contribution is 5.98. The molecule has 1 aliphatic rings. The quantitative estimate of drug-likeness (QED) is 0.0267. The number of guanidine groups is 1. The molecule has 0 radical (unpaired) electrons. The smallest absolute Gasteiger partial charge is 0.326 e. The summed E-state index contributed by atoms with van der Waals surface area (Å²) in [5, 5.41) is 32.1. The van der Waals surface area contributed by atoms with Gasteiger partial charge >= 0.3 is 5.97 Å². The predicted octanol–water partition coefficient (Wildman–Crippen LogP) is -2.93. The Hall–Kier alpha value is -5.83. The van der Waals surface area contributed by atoms with E-state index < -0.39 is 103 Å². The van der Waals surface area contributed by atoms with E-state index in [-0.39, 0.29) is 69.4 Å². The minimum atomic E-state index is -1.55. The van der Waals surface area contributed by atoms with Crippen molar-refractivity contribution in [2.75, 3.05) is 19.7 Å². The summed E-state index contributed by atoms with van der Waals surface area (Å²) in [5.41, 5.74) is 22.7. The Labute approximate surface area is 349 Å². The van der Waals surface area contributed by atoms with Crippen LogP contribution in [0.3, 0.4) is 0 Å². The van der Waals surface area contributed by atoms with Gasteiger partial charge in [0.2, 0.25) is 41.4 Å². The van der Waals surface area contributed by atoms with Crippen LogP contribution in [0.1, 0.15) is 78.2 Å². The molecule has 60 heavy (non-hydrogen) atoms. The van der Waals surface area contributed by atoms with Gasteiger partial charge in [0.05, 0.1) is 13.0 Å². The van der Waals surface area contributed by atoms with Crippen molar-refractivity contribution in [3.63, 3.8) is 0 Å². The third-order valence-electron chi connectivity index (χ3n) is 9.55. The van der Waals surface area contributed by atoms with E-state index in [0.29, 0.717) is 12.0 Å². The summed E-state index contributed by atoms with van der Waals surface area (Å²) < 4.78 is 0. The molecule has 0 bridgehead atoms. The molecule has 1 aromatic rings. The molecule has 7 atom stereocenters. The zero-order valence-corrected chi connectivity index (χ0v) is 34.7. The number of hydrogen-bond acceptors (Lipinski definition) is 11. The van der Waals surface area contributed by atoms with Crippen molar-refractivity contribution in [1.82, 2.24) is 31.5 Å². The first-order valence-corrected chi connectivity index (χ1v) is 20.0. The van der Waals surface area contributed by atoms with Gasteiger partial charge < -0.3 is 64.6 Å². The summed E-state index contributed by atoms with van der Waals surface area (Å²) in [6.45, 7) is 6.71. The molecular formula is C39H63N11O10. The summed E-state index contributed by atoms with van der Waals surface area (Å²) in [4.78, 5) is 111. The minimum absolute atomic E-state index is 0.0294. The van der Waals surface area contributed by atoms with E-state index in [1.165, 1.54) is 0 Å². The number of amides is 7. The zero-order chi connectivity index (χ0) is 45.1. The number of aliphatic carboxylic acids is 1. The van der Waals surface area contributed by atoms with Crippen molar-refractivity contribution in [2.45, 2.75) is 121 Å². The first-order valence-electron chi connectivity index (χ1n) is 20.0. The van der Waals surface area contributed by atoms with E-state index >= 15 is 0 Å². The topological polar surface area (TPSA) is 357 Å². The van der Waals surface area contributed by atoms with Gasteiger partial charge in [-0.15, -0.1) is 0 Å². The van der Waals surface area contributed by atoms with E-state index in [4.69, 9.17) is 22.9 Å². The molecule has 0 unspecified atom stereocenters. The Morgan fingerprint density at radius 2 is 1.25 bits per heavy atom. The highest BCUT2D eigenvalue weighted by atomic mass is 16.4. The Morgan fingerprint density at radius 3 is 1.75 bits per heavy atom. The SMILES string of the molecule is CC(C)C[C@H](NC(=O)[C@H](Cc1ccccc1)NC(=O)[C@@H](N)CO)C(=O)N[C@H](CC(C)C)C(=O)N[C@@H](CCCN=C(N)N)C(=O)N[C@@H](CC(N)=O)C(=O)N1CCC[C@H]1C(=O)O. The third-order valence-corrected chi connectivity index (χ3v) is 9.55. The molecular weight excluding hydrogens is 782 g/mol. The second kappa shape index (κ2) is 24.9. The number of nitrogens with one attached hydrogen (secondary N) is 5. The number of benzene rings is 1.